The summed E-state index contributed by atoms with van der Waals surface area (Å²) in [6, 6.07) is 12.1. The van der Waals surface area contributed by atoms with Crippen molar-refractivity contribution in [2.75, 3.05) is 32.2 Å². The van der Waals surface area contributed by atoms with Crippen molar-refractivity contribution in [1.29, 1.82) is 0 Å². The fourth-order valence-electron chi connectivity index (χ4n) is 2.92. The van der Waals surface area contributed by atoms with Gasteiger partial charge in [0, 0.05) is 29.4 Å². The minimum absolute atomic E-state index is 0.145. The van der Waals surface area contributed by atoms with Crippen molar-refractivity contribution in [1.82, 2.24) is 10.6 Å². The van der Waals surface area contributed by atoms with Crippen LogP contribution in [0, 0.1) is 0 Å². The maximum atomic E-state index is 12.8. The molecule has 2 rings (SSSR count). The minimum atomic E-state index is -0.369. The maximum absolute atomic E-state index is 12.8. The molecule has 7 nitrogen and oxygen atoms in total. The van der Waals surface area contributed by atoms with E-state index in [1.54, 1.807) is 43.5 Å². The quantitative estimate of drug-likeness (QED) is 0.264. The number of hydrogen-bond donors (Lipinski definition) is 3. The fourth-order valence-corrected chi connectivity index (χ4v) is 3.49. The molecule has 0 aliphatic rings. The van der Waals surface area contributed by atoms with E-state index in [1.807, 2.05) is 6.07 Å². The number of carbonyl (C=O) groups is 2. The number of methoxy groups -OCH3 is 1. The zero-order valence-electron chi connectivity index (χ0n) is 18.9. The number of thiocarbonyl (C=S) groups is 1. The van der Waals surface area contributed by atoms with Gasteiger partial charge in [-0.3, -0.25) is 14.9 Å². The van der Waals surface area contributed by atoms with Gasteiger partial charge in [0.05, 0.1) is 18.8 Å². The highest BCUT2D eigenvalue weighted by Crippen LogP contribution is 2.24. The number of carbonyl (C=O) groups excluding carboxylic acids is 2. The van der Waals surface area contributed by atoms with E-state index in [0.29, 0.717) is 42.3 Å². The van der Waals surface area contributed by atoms with Crippen LogP contribution in [0.3, 0.4) is 0 Å². The fraction of sp³-hybridized carbons (Fsp3) is 0.375. The molecule has 3 N–H and O–H groups in total. The second-order valence-electron chi connectivity index (χ2n) is 7.28. The van der Waals surface area contributed by atoms with Gasteiger partial charge >= 0.3 is 0 Å². The lowest BCUT2D eigenvalue weighted by Gasteiger charge is -2.14. The molecule has 0 unspecified atom stereocenters. The van der Waals surface area contributed by atoms with Crippen molar-refractivity contribution in [3.8, 4) is 5.75 Å². The third-order valence-corrected chi connectivity index (χ3v) is 5.36. The van der Waals surface area contributed by atoms with E-state index in [0.717, 1.165) is 30.2 Å². The Morgan fingerprint density at radius 1 is 1.00 bits per heavy atom. The number of nitrogens with one attached hydrogen (secondary N) is 3. The molecule has 0 radical (unpaired) electrons. The molecular weight excluding hydrogens is 506 g/mol. The molecule has 0 fully saturated rings. The predicted molar refractivity (Wildman–Crippen MR) is 138 cm³/mol. The van der Waals surface area contributed by atoms with Gasteiger partial charge in [-0.1, -0.05) is 42.1 Å². The van der Waals surface area contributed by atoms with Crippen LogP contribution in [0.25, 0.3) is 0 Å². The lowest BCUT2D eigenvalue weighted by Crippen LogP contribution is -2.34. The highest BCUT2D eigenvalue weighted by atomic mass is 79.9. The van der Waals surface area contributed by atoms with Crippen LogP contribution in [0.1, 0.15) is 53.3 Å². The molecule has 0 atom stereocenters. The monoisotopic (exact) mass is 535 g/mol. The summed E-state index contributed by atoms with van der Waals surface area (Å²) < 4.78 is 11.5. The molecule has 0 bridgehead atoms. The van der Waals surface area contributed by atoms with Crippen LogP contribution < -0.4 is 20.7 Å². The topological polar surface area (TPSA) is 88.7 Å². The van der Waals surface area contributed by atoms with Crippen LogP contribution in [-0.2, 0) is 4.74 Å². The Kier molecular flexibility index (Phi) is 11.9. The Bertz CT molecular complexity index is 938. The summed E-state index contributed by atoms with van der Waals surface area (Å²) in [7, 11) is 1.58. The van der Waals surface area contributed by atoms with E-state index in [4.69, 9.17) is 21.7 Å². The molecule has 33 heavy (non-hydrogen) atoms. The van der Waals surface area contributed by atoms with E-state index in [1.165, 1.54) is 0 Å². The highest BCUT2D eigenvalue weighted by molar-refractivity contribution is 9.10. The standard InChI is InChI=1S/C24H30BrN3O4S/c1-3-4-5-6-14-32-21-12-9-18(25)16-20(21)23(30)28-24(33)27-19-10-7-17(8-11-19)22(29)26-13-15-31-2/h7-12,16H,3-6,13-15H2,1-2H3,(H,26,29)(H2,27,28,30,33). The molecule has 0 saturated heterocycles. The van der Waals surface area contributed by atoms with Crippen molar-refractivity contribution >= 4 is 50.8 Å². The predicted octanol–water partition coefficient (Wildman–Crippen LogP) is 4.91. The smallest absolute Gasteiger partial charge is 0.261 e. The minimum Gasteiger partial charge on any atom is -0.493 e. The van der Waals surface area contributed by atoms with Crippen LogP contribution in [0.2, 0.25) is 0 Å². The second-order valence-corrected chi connectivity index (χ2v) is 8.61. The number of halogens is 1. The number of ether oxygens (including phenoxy) is 2. The number of anilines is 1. The van der Waals surface area contributed by atoms with Crippen molar-refractivity contribution < 1.29 is 19.1 Å². The molecule has 9 heteroatoms. The van der Waals surface area contributed by atoms with E-state index in [9.17, 15) is 9.59 Å². The Balaban J connectivity index is 1.93. The van der Waals surface area contributed by atoms with Crippen LogP contribution in [0.4, 0.5) is 5.69 Å². The van der Waals surface area contributed by atoms with Crippen molar-refractivity contribution in [3.05, 3.63) is 58.1 Å². The average molecular weight is 536 g/mol. The first-order valence-electron chi connectivity index (χ1n) is 10.9. The SMILES string of the molecule is CCCCCCOc1ccc(Br)cc1C(=O)NC(=S)Nc1ccc(C(=O)NCCOC)cc1. The van der Waals surface area contributed by atoms with Gasteiger partial charge in [0.1, 0.15) is 5.75 Å². The van der Waals surface area contributed by atoms with Gasteiger partial charge in [0.25, 0.3) is 11.8 Å². The van der Waals surface area contributed by atoms with E-state index in [2.05, 4.69) is 38.8 Å². The molecule has 2 aromatic rings. The van der Waals surface area contributed by atoms with Gasteiger partial charge in [-0.25, -0.2) is 0 Å². The molecule has 2 aromatic carbocycles. The van der Waals surface area contributed by atoms with Crippen molar-refractivity contribution in [2.24, 2.45) is 0 Å². The first-order valence-corrected chi connectivity index (χ1v) is 12.1. The van der Waals surface area contributed by atoms with Crippen molar-refractivity contribution in [2.45, 2.75) is 32.6 Å². The van der Waals surface area contributed by atoms with Gasteiger partial charge in [-0.05, 0) is 61.1 Å². The summed E-state index contributed by atoms with van der Waals surface area (Å²) in [4.78, 5) is 24.9. The maximum Gasteiger partial charge on any atom is 0.261 e. The van der Waals surface area contributed by atoms with Gasteiger partial charge in [-0.2, -0.15) is 0 Å². The van der Waals surface area contributed by atoms with Gasteiger partial charge in [-0.15, -0.1) is 0 Å². The zero-order valence-corrected chi connectivity index (χ0v) is 21.3. The molecule has 2 amide bonds. The van der Waals surface area contributed by atoms with Gasteiger partial charge in [0.2, 0.25) is 0 Å². The molecule has 0 saturated carbocycles. The first kappa shape index (κ1) is 26.8. The third-order valence-electron chi connectivity index (χ3n) is 4.67. The summed E-state index contributed by atoms with van der Waals surface area (Å²) in [5.74, 6) is -0.0447. The molecule has 178 valence electrons. The van der Waals surface area contributed by atoms with Crippen LogP contribution in [0.15, 0.2) is 46.9 Å². The summed E-state index contributed by atoms with van der Waals surface area (Å²) in [5.41, 5.74) is 1.56. The van der Waals surface area contributed by atoms with Gasteiger partial charge < -0.3 is 20.1 Å². The lowest BCUT2D eigenvalue weighted by atomic mass is 10.2. The van der Waals surface area contributed by atoms with Crippen LogP contribution in [-0.4, -0.2) is 43.8 Å². The average Bonchev–Trinajstić information content (AvgIpc) is 2.80. The number of hydrogen-bond acceptors (Lipinski definition) is 5. The molecule has 0 spiro atoms. The van der Waals surface area contributed by atoms with Crippen LogP contribution in [0.5, 0.6) is 5.75 Å². The Hall–Kier alpha value is -2.49. The molecular formula is C24H30BrN3O4S. The summed E-state index contributed by atoms with van der Waals surface area (Å²) in [6.07, 6.45) is 4.35. The summed E-state index contributed by atoms with van der Waals surface area (Å²) in [6.45, 7) is 3.59. The largest absolute Gasteiger partial charge is 0.493 e. The van der Waals surface area contributed by atoms with E-state index >= 15 is 0 Å². The summed E-state index contributed by atoms with van der Waals surface area (Å²) in [5, 5.41) is 8.54. The molecule has 0 aliphatic heterocycles. The molecule has 0 heterocycles. The second kappa shape index (κ2) is 14.6. The third kappa shape index (κ3) is 9.49. The lowest BCUT2D eigenvalue weighted by molar-refractivity contribution is 0.0935. The Morgan fingerprint density at radius 3 is 2.45 bits per heavy atom. The Morgan fingerprint density at radius 2 is 1.76 bits per heavy atom. The highest BCUT2D eigenvalue weighted by Gasteiger charge is 2.15. The van der Waals surface area contributed by atoms with Gasteiger partial charge in [0.15, 0.2) is 5.11 Å². The zero-order chi connectivity index (χ0) is 24.1. The van der Waals surface area contributed by atoms with Crippen molar-refractivity contribution in [3.63, 3.8) is 0 Å². The Labute approximate surface area is 208 Å². The number of amides is 2. The number of benzene rings is 2. The van der Waals surface area contributed by atoms with E-state index in [-0.39, 0.29) is 16.9 Å². The first-order chi connectivity index (χ1) is 15.9. The number of rotatable bonds is 12. The van der Waals surface area contributed by atoms with E-state index < -0.39 is 0 Å². The molecule has 0 aliphatic carbocycles. The van der Waals surface area contributed by atoms with Crippen LogP contribution >= 0.6 is 28.1 Å². The normalized spacial score (nSPS) is 10.4. The molecule has 0 aromatic heterocycles. The number of unbranched alkanes of at least 4 members (excludes halogenated alkanes) is 3. The summed E-state index contributed by atoms with van der Waals surface area (Å²) >= 11 is 8.69.